The first-order valence-corrected chi connectivity index (χ1v) is 9.74. The quantitative estimate of drug-likeness (QED) is 0.717. The maximum absolute atomic E-state index is 13.0. The summed E-state index contributed by atoms with van der Waals surface area (Å²) in [5, 5.41) is 9.70. The van der Waals surface area contributed by atoms with Crippen molar-refractivity contribution in [3.8, 4) is 0 Å². The molecule has 8 nitrogen and oxygen atoms in total. The predicted octanol–water partition coefficient (Wildman–Crippen LogP) is 2.07. The third-order valence-corrected chi connectivity index (χ3v) is 6.46. The number of nitrogens with zero attached hydrogens (tertiary/aromatic N) is 3. The van der Waals surface area contributed by atoms with Gasteiger partial charge in [0.2, 0.25) is 10.0 Å². The van der Waals surface area contributed by atoms with Gasteiger partial charge in [0.15, 0.2) is 0 Å². The van der Waals surface area contributed by atoms with Crippen LogP contribution in [-0.4, -0.2) is 33.8 Å². The van der Waals surface area contributed by atoms with Gasteiger partial charge in [0.25, 0.3) is 5.91 Å². The van der Waals surface area contributed by atoms with E-state index in [4.69, 9.17) is 0 Å². The number of hydrogen-bond donors (Lipinski definition) is 2. The molecule has 0 saturated carbocycles. The Kier molecular flexibility index (Phi) is 4.25. The lowest BCUT2D eigenvalue weighted by Crippen LogP contribution is -2.27. The number of fused-ring (bicyclic) bond motifs is 1. The number of rotatable bonds is 4. The maximum Gasteiger partial charge on any atom is 0.256 e. The fourth-order valence-electron chi connectivity index (χ4n) is 3.05. The van der Waals surface area contributed by atoms with Crippen LogP contribution >= 0.6 is 0 Å². The molecule has 1 aliphatic rings. The fourth-order valence-corrected chi connectivity index (χ4v) is 4.65. The van der Waals surface area contributed by atoms with E-state index in [1.807, 2.05) is 0 Å². The molecule has 0 aliphatic carbocycles. The van der Waals surface area contributed by atoms with Crippen molar-refractivity contribution in [2.75, 3.05) is 5.32 Å². The second-order valence-electron chi connectivity index (χ2n) is 6.25. The van der Waals surface area contributed by atoms with Gasteiger partial charge < -0.3 is 5.32 Å². The number of aryl methyl sites for hydroxylation is 1. The number of pyridine rings is 1. The minimum atomic E-state index is -3.65. The van der Waals surface area contributed by atoms with E-state index >= 15 is 0 Å². The third kappa shape index (κ3) is 3.11. The van der Waals surface area contributed by atoms with E-state index in [1.54, 1.807) is 43.3 Å². The van der Waals surface area contributed by atoms with Gasteiger partial charge in [-0.1, -0.05) is 18.2 Å². The minimum Gasteiger partial charge on any atom is -0.307 e. The van der Waals surface area contributed by atoms with Gasteiger partial charge in [-0.05, 0) is 30.7 Å². The number of amides is 1. The highest BCUT2D eigenvalue weighted by Crippen LogP contribution is 2.32. The van der Waals surface area contributed by atoms with Crippen LogP contribution in [-0.2, 0) is 23.1 Å². The summed E-state index contributed by atoms with van der Waals surface area (Å²) in [5.41, 5.74) is 2.43. The van der Waals surface area contributed by atoms with Crippen LogP contribution in [0.15, 0.2) is 53.7 Å². The predicted molar refractivity (Wildman–Crippen MR) is 98.4 cm³/mol. The molecule has 0 bridgehead atoms. The molecule has 1 amide bonds. The maximum atomic E-state index is 13.0. The molecule has 2 aromatic heterocycles. The summed E-state index contributed by atoms with van der Waals surface area (Å²) < 4.78 is 27.3. The Hall–Kier alpha value is -3.04. The lowest BCUT2D eigenvalue weighted by atomic mass is 10.2. The average Bonchev–Trinajstić information content (AvgIpc) is 3.25. The molecule has 138 valence electrons. The van der Waals surface area contributed by atoms with E-state index in [2.05, 4.69) is 20.5 Å². The van der Waals surface area contributed by atoms with Crippen LogP contribution in [0.5, 0.6) is 0 Å². The molecule has 2 N–H and O–H groups in total. The van der Waals surface area contributed by atoms with Gasteiger partial charge in [-0.25, -0.2) is 8.42 Å². The lowest BCUT2D eigenvalue weighted by molar-refractivity contribution is 0.102. The molecule has 4 rings (SSSR count). The zero-order valence-corrected chi connectivity index (χ0v) is 15.3. The third-order valence-electron chi connectivity index (χ3n) is 4.51. The van der Waals surface area contributed by atoms with Crippen molar-refractivity contribution < 1.29 is 13.2 Å². The number of carbonyl (C=O) groups is 1. The van der Waals surface area contributed by atoms with Gasteiger partial charge in [0.05, 0.1) is 17.1 Å². The highest BCUT2D eigenvalue weighted by molar-refractivity contribution is 7.89. The van der Waals surface area contributed by atoms with Crippen molar-refractivity contribution in [1.82, 2.24) is 19.5 Å². The summed E-state index contributed by atoms with van der Waals surface area (Å²) in [5.74, 6) is 0.0957. The lowest BCUT2D eigenvalue weighted by Gasteiger charge is -2.17. The van der Waals surface area contributed by atoms with Crippen LogP contribution in [0.25, 0.3) is 0 Å². The molecule has 0 saturated heterocycles. The molecular weight excluding hydrogens is 366 g/mol. The van der Waals surface area contributed by atoms with Crippen LogP contribution in [0.3, 0.4) is 0 Å². The topological polar surface area (TPSA) is 108 Å². The molecule has 0 unspecified atom stereocenters. The monoisotopic (exact) mass is 383 g/mol. The highest BCUT2D eigenvalue weighted by Gasteiger charge is 2.35. The Morgan fingerprint density at radius 3 is 2.63 bits per heavy atom. The molecule has 1 aromatic carbocycles. The zero-order chi connectivity index (χ0) is 19.0. The standard InChI is InChI=1S/C18H17N5O3S/c1-12-4-2-3-5-16(12)27(25,26)23-10-14-15(11-23)21-22-17(14)20-18(24)13-6-8-19-9-7-13/h2-9H,10-11H2,1H3,(H2,20,21,22,24). The average molecular weight is 383 g/mol. The van der Waals surface area contributed by atoms with Gasteiger partial charge in [0.1, 0.15) is 5.82 Å². The molecule has 0 radical (unpaired) electrons. The van der Waals surface area contributed by atoms with E-state index in [1.165, 1.54) is 16.7 Å². The van der Waals surface area contributed by atoms with Crippen LogP contribution in [0.4, 0.5) is 5.82 Å². The van der Waals surface area contributed by atoms with Crippen molar-refractivity contribution in [3.63, 3.8) is 0 Å². The number of carbonyl (C=O) groups excluding carboxylic acids is 1. The normalized spacial score (nSPS) is 14.1. The van der Waals surface area contributed by atoms with Crippen LogP contribution in [0.1, 0.15) is 27.2 Å². The van der Waals surface area contributed by atoms with E-state index in [0.717, 1.165) is 0 Å². The number of benzene rings is 1. The van der Waals surface area contributed by atoms with E-state index in [9.17, 15) is 13.2 Å². The molecule has 0 fully saturated rings. The van der Waals surface area contributed by atoms with Crippen molar-refractivity contribution in [2.45, 2.75) is 24.9 Å². The molecule has 1 aliphatic heterocycles. The molecular formula is C18H17N5O3S. The van der Waals surface area contributed by atoms with E-state index in [-0.39, 0.29) is 23.9 Å². The van der Waals surface area contributed by atoms with Crippen molar-refractivity contribution in [2.24, 2.45) is 0 Å². The molecule has 0 atom stereocenters. The number of aromatic nitrogens is 3. The number of anilines is 1. The second-order valence-corrected chi connectivity index (χ2v) is 8.16. The SMILES string of the molecule is Cc1ccccc1S(=O)(=O)N1Cc2n[nH]c(NC(=O)c3ccncc3)c2C1. The Bertz CT molecular complexity index is 1110. The second kappa shape index (κ2) is 6.60. The smallest absolute Gasteiger partial charge is 0.256 e. The Labute approximate surface area is 156 Å². The molecule has 0 spiro atoms. The van der Waals surface area contributed by atoms with Crippen molar-refractivity contribution in [1.29, 1.82) is 0 Å². The zero-order valence-electron chi connectivity index (χ0n) is 14.5. The van der Waals surface area contributed by atoms with Gasteiger partial charge in [-0.3, -0.25) is 14.9 Å². The minimum absolute atomic E-state index is 0.147. The number of H-pyrrole nitrogens is 1. The van der Waals surface area contributed by atoms with E-state index < -0.39 is 10.0 Å². The van der Waals surface area contributed by atoms with E-state index in [0.29, 0.717) is 28.2 Å². The molecule has 27 heavy (non-hydrogen) atoms. The number of aromatic amines is 1. The fraction of sp³-hybridized carbons (Fsp3) is 0.167. The first kappa shape index (κ1) is 17.4. The summed E-state index contributed by atoms with van der Waals surface area (Å²) in [7, 11) is -3.65. The summed E-state index contributed by atoms with van der Waals surface area (Å²) >= 11 is 0. The first-order valence-electron chi connectivity index (χ1n) is 8.30. The summed E-state index contributed by atoms with van der Waals surface area (Å²) in [6.07, 6.45) is 3.06. The number of sulfonamides is 1. The Morgan fingerprint density at radius 1 is 1.15 bits per heavy atom. The first-order chi connectivity index (χ1) is 13.0. The largest absolute Gasteiger partial charge is 0.307 e. The van der Waals surface area contributed by atoms with Gasteiger partial charge in [-0.15, -0.1) is 0 Å². The van der Waals surface area contributed by atoms with Gasteiger partial charge in [0, 0.05) is 30.1 Å². The summed E-state index contributed by atoms with van der Waals surface area (Å²) in [6, 6.07) is 10.1. The van der Waals surface area contributed by atoms with Crippen molar-refractivity contribution in [3.05, 3.63) is 71.2 Å². The van der Waals surface area contributed by atoms with Crippen molar-refractivity contribution >= 4 is 21.7 Å². The number of hydrogen-bond acceptors (Lipinski definition) is 5. The van der Waals surface area contributed by atoms with Crippen LogP contribution < -0.4 is 5.32 Å². The van der Waals surface area contributed by atoms with Gasteiger partial charge in [-0.2, -0.15) is 9.40 Å². The molecule has 9 heteroatoms. The van der Waals surface area contributed by atoms with Gasteiger partial charge >= 0.3 is 0 Å². The summed E-state index contributed by atoms with van der Waals surface area (Å²) in [6.45, 7) is 2.07. The summed E-state index contributed by atoms with van der Waals surface area (Å²) in [4.78, 5) is 16.5. The molecule has 3 heterocycles. The highest BCUT2D eigenvalue weighted by atomic mass is 32.2. The number of nitrogens with one attached hydrogen (secondary N) is 2. The van der Waals surface area contributed by atoms with Crippen LogP contribution in [0.2, 0.25) is 0 Å². The van der Waals surface area contributed by atoms with Crippen LogP contribution in [0, 0.1) is 6.92 Å². The molecule has 3 aromatic rings. The Morgan fingerprint density at radius 2 is 1.89 bits per heavy atom. The Balaban J connectivity index is 1.57.